The van der Waals surface area contributed by atoms with E-state index in [1.807, 2.05) is 0 Å². The van der Waals surface area contributed by atoms with Crippen molar-refractivity contribution in [1.82, 2.24) is 0 Å². The monoisotopic (exact) mass is 151 g/mol. The lowest BCUT2D eigenvalue weighted by molar-refractivity contribution is 0.158. The highest BCUT2D eigenvalue weighted by molar-refractivity contribution is 5.85. The van der Waals surface area contributed by atoms with Crippen LogP contribution in [-0.2, 0) is 0 Å². The predicted octanol–water partition coefficient (Wildman–Crippen LogP) is -1.28. The van der Waals surface area contributed by atoms with Gasteiger partial charge in [0, 0.05) is 0 Å². The third-order valence-corrected chi connectivity index (χ3v) is 0.852. The van der Waals surface area contributed by atoms with Gasteiger partial charge in [-0.15, -0.1) is 18.8 Å². The lowest BCUT2D eigenvalue weighted by Crippen LogP contribution is -2.45. The van der Waals surface area contributed by atoms with E-state index in [2.05, 4.69) is 5.92 Å². The van der Waals surface area contributed by atoms with Gasteiger partial charge in [-0.25, -0.2) is 0 Å². The van der Waals surface area contributed by atoms with Gasteiger partial charge in [-0.05, 0) is 0 Å². The molecule has 0 saturated carbocycles. The molecule has 9 heavy (non-hydrogen) atoms. The zero-order valence-corrected chi connectivity index (χ0v) is 5.69. The molecule has 0 atom stereocenters. The SMILES string of the molecule is C#CC(N)(CO)CO.Cl. The van der Waals surface area contributed by atoms with Crippen LogP contribution in [0.5, 0.6) is 0 Å². The molecule has 0 aromatic rings. The number of terminal acetylenes is 1. The first-order valence-electron chi connectivity index (χ1n) is 2.17. The summed E-state index contributed by atoms with van der Waals surface area (Å²) in [6, 6.07) is 0. The molecule has 0 radical (unpaired) electrons. The fourth-order valence-electron chi connectivity index (χ4n) is 0.141. The molecule has 0 rings (SSSR count). The minimum absolute atomic E-state index is 0. The molecule has 0 aliphatic carbocycles. The summed E-state index contributed by atoms with van der Waals surface area (Å²) in [6.07, 6.45) is 4.83. The molecule has 3 nitrogen and oxygen atoms in total. The molecule has 0 saturated heterocycles. The second-order valence-electron chi connectivity index (χ2n) is 1.62. The fraction of sp³-hybridized carbons (Fsp3) is 0.600. The Balaban J connectivity index is 0. The normalized spacial score (nSPS) is 9.56. The van der Waals surface area contributed by atoms with Gasteiger partial charge < -0.3 is 15.9 Å². The largest absolute Gasteiger partial charge is 0.393 e. The smallest absolute Gasteiger partial charge is 0.124 e. The Morgan fingerprint density at radius 1 is 1.44 bits per heavy atom. The minimum atomic E-state index is -1.24. The van der Waals surface area contributed by atoms with E-state index in [4.69, 9.17) is 22.4 Å². The minimum Gasteiger partial charge on any atom is -0.393 e. The van der Waals surface area contributed by atoms with Crippen LogP contribution in [-0.4, -0.2) is 29.0 Å². The molecule has 0 aromatic carbocycles. The Kier molecular flexibility index (Phi) is 5.88. The maximum absolute atomic E-state index is 8.36. The van der Waals surface area contributed by atoms with Crippen molar-refractivity contribution in [3.63, 3.8) is 0 Å². The van der Waals surface area contributed by atoms with Crippen molar-refractivity contribution in [2.75, 3.05) is 13.2 Å². The lowest BCUT2D eigenvalue weighted by atomic mass is 10.1. The van der Waals surface area contributed by atoms with Crippen molar-refractivity contribution in [2.24, 2.45) is 5.73 Å². The summed E-state index contributed by atoms with van der Waals surface area (Å²) in [5.74, 6) is 2.06. The Hall–Kier alpha value is -0.270. The maximum atomic E-state index is 8.36. The Morgan fingerprint density at radius 2 is 1.78 bits per heavy atom. The second-order valence-corrected chi connectivity index (χ2v) is 1.62. The van der Waals surface area contributed by atoms with Gasteiger partial charge in [-0.3, -0.25) is 0 Å². The van der Waals surface area contributed by atoms with Crippen LogP contribution in [0.4, 0.5) is 0 Å². The molecule has 0 unspecified atom stereocenters. The summed E-state index contributed by atoms with van der Waals surface area (Å²) in [5, 5.41) is 16.7. The first-order chi connectivity index (χ1) is 3.68. The van der Waals surface area contributed by atoms with Gasteiger partial charge in [-0.1, -0.05) is 5.92 Å². The summed E-state index contributed by atoms with van der Waals surface area (Å²) in [7, 11) is 0. The molecule has 4 N–H and O–H groups in total. The molecule has 0 aliphatic rings. The molecule has 4 heteroatoms. The molecule has 0 amide bonds. The van der Waals surface area contributed by atoms with Gasteiger partial charge in [0.25, 0.3) is 0 Å². The van der Waals surface area contributed by atoms with E-state index >= 15 is 0 Å². The van der Waals surface area contributed by atoms with E-state index < -0.39 is 5.54 Å². The van der Waals surface area contributed by atoms with Crippen molar-refractivity contribution in [3.05, 3.63) is 0 Å². The highest BCUT2D eigenvalue weighted by Gasteiger charge is 2.18. The molecule has 0 aromatic heterocycles. The lowest BCUT2D eigenvalue weighted by Gasteiger charge is -2.15. The Bertz CT molecular complexity index is 106. The van der Waals surface area contributed by atoms with E-state index in [9.17, 15) is 0 Å². The topological polar surface area (TPSA) is 66.5 Å². The third-order valence-electron chi connectivity index (χ3n) is 0.852. The van der Waals surface area contributed by atoms with Crippen LogP contribution in [0.15, 0.2) is 0 Å². The van der Waals surface area contributed by atoms with Crippen LogP contribution in [0.2, 0.25) is 0 Å². The molecular weight excluding hydrogens is 142 g/mol. The van der Waals surface area contributed by atoms with E-state index in [1.54, 1.807) is 0 Å². The van der Waals surface area contributed by atoms with E-state index in [0.29, 0.717) is 0 Å². The number of hydrogen-bond donors (Lipinski definition) is 3. The molecule has 0 bridgehead atoms. The van der Waals surface area contributed by atoms with Crippen molar-refractivity contribution < 1.29 is 10.2 Å². The molecule has 0 spiro atoms. The summed E-state index contributed by atoms with van der Waals surface area (Å²) in [6.45, 7) is -0.778. The number of aliphatic hydroxyl groups is 2. The highest BCUT2D eigenvalue weighted by Crippen LogP contribution is 1.92. The first kappa shape index (κ1) is 11.5. The van der Waals surface area contributed by atoms with Crippen molar-refractivity contribution >= 4 is 12.4 Å². The number of aliphatic hydroxyl groups excluding tert-OH is 2. The van der Waals surface area contributed by atoms with Gasteiger partial charge in [0.15, 0.2) is 0 Å². The molecule has 54 valence electrons. The van der Waals surface area contributed by atoms with Crippen molar-refractivity contribution in [3.8, 4) is 12.3 Å². The Morgan fingerprint density at radius 3 is 1.78 bits per heavy atom. The number of hydrogen-bond acceptors (Lipinski definition) is 3. The van der Waals surface area contributed by atoms with Crippen molar-refractivity contribution in [1.29, 1.82) is 0 Å². The molecule has 0 aliphatic heterocycles. The zero-order chi connectivity index (χ0) is 6.62. The van der Waals surface area contributed by atoms with Crippen LogP contribution < -0.4 is 5.73 Å². The van der Waals surface area contributed by atoms with Crippen LogP contribution in [0, 0.1) is 12.3 Å². The van der Waals surface area contributed by atoms with Crippen LogP contribution in [0.1, 0.15) is 0 Å². The highest BCUT2D eigenvalue weighted by atomic mass is 35.5. The number of rotatable bonds is 2. The summed E-state index contributed by atoms with van der Waals surface area (Å²) in [4.78, 5) is 0. The van der Waals surface area contributed by atoms with Crippen molar-refractivity contribution in [2.45, 2.75) is 5.54 Å². The number of nitrogens with two attached hydrogens (primary N) is 1. The maximum Gasteiger partial charge on any atom is 0.124 e. The zero-order valence-electron chi connectivity index (χ0n) is 4.87. The fourth-order valence-corrected chi connectivity index (χ4v) is 0.141. The van der Waals surface area contributed by atoms with E-state index in [0.717, 1.165) is 0 Å². The van der Waals surface area contributed by atoms with Gasteiger partial charge in [0.05, 0.1) is 13.2 Å². The van der Waals surface area contributed by atoms with Gasteiger partial charge in [-0.2, -0.15) is 0 Å². The van der Waals surface area contributed by atoms with Gasteiger partial charge in [0.1, 0.15) is 5.54 Å². The number of halogens is 1. The molecule has 0 fully saturated rings. The van der Waals surface area contributed by atoms with Crippen LogP contribution in [0.3, 0.4) is 0 Å². The third kappa shape index (κ3) is 3.33. The summed E-state index contributed by atoms with van der Waals surface area (Å²) < 4.78 is 0. The second kappa shape index (κ2) is 4.59. The van der Waals surface area contributed by atoms with Gasteiger partial charge in [0.2, 0.25) is 0 Å². The average Bonchev–Trinajstić information content (AvgIpc) is 1.87. The summed E-state index contributed by atoms with van der Waals surface area (Å²) >= 11 is 0. The van der Waals surface area contributed by atoms with Crippen LogP contribution in [0.25, 0.3) is 0 Å². The van der Waals surface area contributed by atoms with E-state index in [1.165, 1.54) is 0 Å². The van der Waals surface area contributed by atoms with Crippen LogP contribution >= 0.6 is 12.4 Å². The van der Waals surface area contributed by atoms with Gasteiger partial charge >= 0.3 is 0 Å². The predicted molar refractivity (Wildman–Crippen MR) is 37.2 cm³/mol. The Labute approximate surface area is 60.3 Å². The average molecular weight is 152 g/mol. The standard InChI is InChI=1S/C5H9NO2.ClH/c1-2-5(6,3-7)4-8;/h1,7-8H,3-4,6H2;1H. The summed E-state index contributed by atoms with van der Waals surface area (Å²) in [5.41, 5.74) is 3.92. The first-order valence-corrected chi connectivity index (χ1v) is 2.17. The van der Waals surface area contributed by atoms with E-state index in [-0.39, 0.29) is 25.6 Å². The molecular formula is C5H10ClNO2. The quantitative estimate of drug-likeness (QED) is 0.431. The molecule has 0 heterocycles.